The van der Waals surface area contributed by atoms with Crippen molar-refractivity contribution < 1.29 is 17.6 Å². The number of hydrogen-bond donors (Lipinski definition) is 2. The van der Waals surface area contributed by atoms with Crippen LogP contribution >= 0.6 is 0 Å². The molecule has 0 spiro atoms. The van der Waals surface area contributed by atoms with Crippen LogP contribution in [0.1, 0.15) is 37.9 Å². The van der Waals surface area contributed by atoms with Crippen molar-refractivity contribution in [2.24, 2.45) is 17.7 Å². The molecule has 0 radical (unpaired) electrons. The molecule has 2 nitrogen and oxygen atoms in total. The number of benzene rings is 1. The van der Waals surface area contributed by atoms with E-state index < -0.39 is 23.6 Å². The minimum absolute atomic E-state index is 0.0566. The van der Waals surface area contributed by atoms with Crippen LogP contribution < -0.4 is 11.3 Å². The third-order valence-electron chi connectivity index (χ3n) is 3.41. The maximum absolute atomic E-state index is 13.5. The molecule has 6 heteroatoms. The molecular formula is C13H18F4N2. The third kappa shape index (κ3) is 3.67. The highest BCUT2D eigenvalue weighted by Crippen LogP contribution is 2.34. The van der Waals surface area contributed by atoms with Crippen LogP contribution in [0.15, 0.2) is 18.2 Å². The minimum Gasteiger partial charge on any atom is -0.271 e. The first-order valence-corrected chi connectivity index (χ1v) is 6.01. The smallest absolute Gasteiger partial charge is 0.271 e. The van der Waals surface area contributed by atoms with Crippen LogP contribution in [-0.4, -0.2) is 0 Å². The number of hydrazine groups is 1. The lowest BCUT2D eigenvalue weighted by molar-refractivity contribution is -0.140. The second-order valence-corrected chi connectivity index (χ2v) is 4.98. The summed E-state index contributed by atoms with van der Waals surface area (Å²) in [6, 6.07) is 2.51. The molecule has 1 rings (SSSR count). The summed E-state index contributed by atoms with van der Waals surface area (Å²) < 4.78 is 50.9. The minimum atomic E-state index is -4.68. The van der Waals surface area contributed by atoms with Gasteiger partial charge in [0.15, 0.2) is 0 Å². The molecule has 19 heavy (non-hydrogen) atoms. The molecule has 1 aromatic carbocycles. The van der Waals surface area contributed by atoms with Crippen molar-refractivity contribution in [3.8, 4) is 0 Å². The van der Waals surface area contributed by atoms with Gasteiger partial charge in [0, 0.05) is 6.04 Å². The molecule has 2 unspecified atom stereocenters. The Morgan fingerprint density at radius 3 is 2.11 bits per heavy atom. The Hall–Kier alpha value is -1.14. The summed E-state index contributed by atoms with van der Waals surface area (Å²) in [4.78, 5) is 0. The van der Waals surface area contributed by atoms with Crippen molar-refractivity contribution in [1.82, 2.24) is 5.43 Å². The maximum atomic E-state index is 13.5. The van der Waals surface area contributed by atoms with Crippen molar-refractivity contribution in [2.45, 2.75) is 33.0 Å². The summed E-state index contributed by atoms with van der Waals surface area (Å²) >= 11 is 0. The average Bonchev–Trinajstić information content (AvgIpc) is 2.28. The standard InChI is InChI=1S/C13H18F4N2/c1-7(2)8(3)12(19-18)9-4-5-10(11(14)6-9)13(15,16)17/h4-8,12,19H,18H2,1-3H3. The lowest BCUT2D eigenvalue weighted by atomic mass is 9.86. The van der Waals surface area contributed by atoms with E-state index in [2.05, 4.69) is 5.43 Å². The van der Waals surface area contributed by atoms with Gasteiger partial charge in [-0.15, -0.1) is 0 Å². The van der Waals surface area contributed by atoms with Crippen molar-refractivity contribution in [1.29, 1.82) is 0 Å². The number of nitrogens with one attached hydrogen (secondary N) is 1. The van der Waals surface area contributed by atoms with Gasteiger partial charge < -0.3 is 0 Å². The molecule has 0 saturated carbocycles. The molecule has 0 amide bonds. The summed E-state index contributed by atoms with van der Waals surface area (Å²) in [5.41, 5.74) is 1.69. The first-order chi connectivity index (χ1) is 8.68. The zero-order valence-electron chi connectivity index (χ0n) is 11.1. The van der Waals surface area contributed by atoms with Crippen LogP contribution in [0, 0.1) is 17.7 Å². The number of alkyl halides is 3. The van der Waals surface area contributed by atoms with Gasteiger partial charge in [0.2, 0.25) is 0 Å². The Kier molecular flexibility index (Phi) is 4.92. The molecule has 0 bridgehead atoms. The molecule has 0 aromatic heterocycles. The van der Waals surface area contributed by atoms with Crippen LogP contribution in [0.2, 0.25) is 0 Å². The fourth-order valence-corrected chi connectivity index (χ4v) is 1.89. The van der Waals surface area contributed by atoms with E-state index >= 15 is 0 Å². The lowest BCUT2D eigenvalue weighted by Gasteiger charge is -2.27. The predicted molar refractivity (Wildman–Crippen MR) is 65.5 cm³/mol. The summed E-state index contributed by atoms with van der Waals surface area (Å²) in [5, 5.41) is 0. The normalized spacial score (nSPS) is 15.6. The second-order valence-electron chi connectivity index (χ2n) is 4.98. The summed E-state index contributed by atoms with van der Waals surface area (Å²) in [5.74, 6) is 4.46. The van der Waals surface area contributed by atoms with Gasteiger partial charge in [-0.05, 0) is 29.5 Å². The Bertz CT molecular complexity index is 429. The highest BCUT2D eigenvalue weighted by atomic mass is 19.4. The average molecular weight is 278 g/mol. The van der Waals surface area contributed by atoms with E-state index in [0.717, 1.165) is 12.1 Å². The molecule has 0 aliphatic carbocycles. The number of rotatable bonds is 4. The van der Waals surface area contributed by atoms with Gasteiger partial charge in [-0.25, -0.2) is 4.39 Å². The van der Waals surface area contributed by atoms with Crippen molar-refractivity contribution in [2.75, 3.05) is 0 Å². The molecule has 0 aliphatic heterocycles. The van der Waals surface area contributed by atoms with E-state index in [9.17, 15) is 17.6 Å². The summed E-state index contributed by atoms with van der Waals surface area (Å²) in [6.45, 7) is 5.84. The quantitative estimate of drug-likeness (QED) is 0.501. The zero-order chi connectivity index (χ0) is 14.8. The molecule has 3 N–H and O–H groups in total. The van der Waals surface area contributed by atoms with Crippen molar-refractivity contribution >= 4 is 0 Å². The summed E-state index contributed by atoms with van der Waals surface area (Å²) in [6.07, 6.45) is -4.68. The largest absolute Gasteiger partial charge is 0.419 e. The van der Waals surface area contributed by atoms with Crippen LogP contribution in [0.3, 0.4) is 0 Å². The topological polar surface area (TPSA) is 38.0 Å². The fourth-order valence-electron chi connectivity index (χ4n) is 1.89. The van der Waals surface area contributed by atoms with Gasteiger partial charge >= 0.3 is 6.18 Å². The molecule has 1 aromatic rings. The van der Waals surface area contributed by atoms with Crippen molar-refractivity contribution in [3.63, 3.8) is 0 Å². The Labute approximate surface area is 110 Å². The van der Waals surface area contributed by atoms with Crippen LogP contribution in [0.5, 0.6) is 0 Å². The van der Waals surface area contributed by atoms with Crippen LogP contribution in [0.25, 0.3) is 0 Å². The molecule has 0 heterocycles. The number of nitrogens with two attached hydrogens (primary N) is 1. The maximum Gasteiger partial charge on any atom is 0.419 e. The molecule has 0 aliphatic rings. The SMILES string of the molecule is CC(C)C(C)C(NN)c1ccc(C(F)(F)F)c(F)c1. The van der Waals surface area contributed by atoms with Crippen LogP contribution in [0.4, 0.5) is 17.6 Å². The molecule has 2 atom stereocenters. The van der Waals surface area contributed by atoms with Crippen LogP contribution in [-0.2, 0) is 6.18 Å². The molecule has 0 saturated heterocycles. The zero-order valence-corrected chi connectivity index (χ0v) is 11.1. The first-order valence-electron chi connectivity index (χ1n) is 6.01. The monoisotopic (exact) mass is 278 g/mol. The lowest BCUT2D eigenvalue weighted by Crippen LogP contribution is -2.34. The molecule has 108 valence electrons. The van der Waals surface area contributed by atoms with Gasteiger partial charge in [-0.3, -0.25) is 11.3 Å². The summed E-state index contributed by atoms with van der Waals surface area (Å²) in [7, 11) is 0. The van der Waals surface area contributed by atoms with Gasteiger partial charge in [-0.1, -0.05) is 26.8 Å². The van der Waals surface area contributed by atoms with E-state index in [1.165, 1.54) is 6.07 Å². The van der Waals surface area contributed by atoms with E-state index in [4.69, 9.17) is 5.84 Å². The van der Waals surface area contributed by atoms with E-state index in [0.29, 0.717) is 5.56 Å². The number of hydrogen-bond acceptors (Lipinski definition) is 2. The van der Waals surface area contributed by atoms with Gasteiger partial charge in [0.05, 0.1) is 5.56 Å². The molecular weight excluding hydrogens is 260 g/mol. The third-order valence-corrected chi connectivity index (χ3v) is 3.41. The van der Waals surface area contributed by atoms with E-state index in [1.807, 2.05) is 20.8 Å². The van der Waals surface area contributed by atoms with E-state index in [1.54, 1.807) is 0 Å². The highest BCUT2D eigenvalue weighted by molar-refractivity contribution is 5.29. The molecule has 0 fully saturated rings. The van der Waals surface area contributed by atoms with Gasteiger partial charge in [0.1, 0.15) is 5.82 Å². The predicted octanol–water partition coefficient (Wildman–Crippen LogP) is 3.64. The van der Waals surface area contributed by atoms with Gasteiger partial charge in [-0.2, -0.15) is 13.2 Å². The first kappa shape index (κ1) is 15.9. The van der Waals surface area contributed by atoms with E-state index in [-0.39, 0.29) is 11.8 Å². The Morgan fingerprint density at radius 2 is 1.74 bits per heavy atom. The number of halogens is 4. The Balaban J connectivity index is 3.12. The fraction of sp³-hybridized carbons (Fsp3) is 0.538. The van der Waals surface area contributed by atoms with Gasteiger partial charge in [0.25, 0.3) is 0 Å². The highest BCUT2D eigenvalue weighted by Gasteiger charge is 2.34. The Morgan fingerprint density at radius 1 is 1.16 bits per heavy atom. The van der Waals surface area contributed by atoms with Crippen molar-refractivity contribution in [3.05, 3.63) is 35.1 Å². The second kappa shape index (κ2) is 5.88.